The molecule has 0 spiro atoms. The molecule has 0 saturated carbocycles. The smallest absolute Gasteiger partial charge is 0.322 e. The molecule has 236 valence electrons. The van der Waals surface area contributed by atoms with Gasteiger partial charge in [0.15, 0.2) is 0 Å². The Balaban J connectivity index is 1.11. The summed E-state index contributed by atoms with van der Waals surface area (Å²) in [6.07, 6.45) is 14.9. The SMILES string of the molecule is Nc1c(Br)cc(C[C@@H](NC(=O)N2CCC(N3C=C4C=CC=CC4NC3=O)CC2)C(=O)N2CCN(c3ccncc3)CC2)cc1Br. The monoisotopic (exact) mass is 738 g/mol. The molecule has 45 heavy (non-hydrogen) atoms. The first-order chi connectivity index (χ1) is 21.8. The molecule has 2 saturated heterocycles. The molecular formula is C32H36Br2N8O3. The minimum Gasteiger partial charge on any atom is -0.397 e. The van der Waals surface area contributed by atoms with E-state index >= 15 is 0 Å². The minimum atomic E-state index is -0.759. The number of nitrogens with one attached hydrogen (secondary N) is 2. The van der Waals surface area contributed by atoms with Crippen molar-refractivity contribution < 1.29 is 14.4 Å². The quantitative estimate of drug-likeness (QED) is 0.385. The van der Waals surface area contributed by atoms with Gasteiger partial charge in [0, 0.05) is 85.0 Å². The molecule has 5 amide bonds. The molecule has 13 heteroatoms. The van der Waals surface area contributed by atoms with E-state index in [-0.39, 0.29) is 30.1 Å². The van der Waals surface area contributed by atoms with E-state index in [2.05, 4.69) is 52.4 Å². The normalized spacial score (nSPS) is 20.8. The van der Waals surface area contributed by atoms with Crippen molar-refractivity contribution in [1.29, 1.82) is 0 Å². The lowest BCUT2D eigenvalue weighted by molar-refractivity contribution is -0.133. The van der Waals surface area contributed by atoms with Crippen molar-refractivity contribution in [1.82, 2.24) is 30.3 Å². The number of carbonyl (C=O) groups is 3. The van der Waals surface area contributed by atoms with E-state index in [1.165, 1.54) is 0 Å². The summed E-state index contributed by atoms with van der Waals surface area (Å²) >= 11 is 7.01. The summed E-state index contributed by atoms with van der Waals surface area (Å²) in [6.45, 7) is 3.44. The largest absolute Gasteiger partial charge is 0.397 e. The van der Waals surface area contributed by atoms with E-state index in [9.17, 15) is 14.4 Å². The Kier molecular flexibility index (Phi) is 9.45. The summed E-state index contributed by atoms with van der Waals surface area (Å²) < 4.78 is 1.44. The van der Waals surface area contributed by atoms with Crippen molar-refractivity contribution in [2.75, 3.05) is 49.9 Å². The van der Waals surface area contributed by atoms with Crippen LogP contribution in [0.5, 0.6) is 0 Å². The number of halogens is 2. The average molecular weight is 741 g/mol. The van der Waals surface area contributed by atoms with Crippen LogP contribution in [0.3, 0.4) is 0 Å². The fourth-order valence-electron chi connectivity index (χ4n) is 6.25. The molecule has 1 aliphatic carbocycles. The molecule has 4 aliphatic rings. The van der Waals surface area contributed by atoms with Crippen LogP contribution in [0.4, 0.5) is 21.0 Å². The number of nitrogen functional groups attached to an aromatic ring is 1. The highest BCUT2D eigenvalue weighted by molar-refractivity contribution is 9.11. The first-order valence-electron chi connectivity index (χ1n) is 15.1. The number of likely N-dealkylation sites (tertiary alicyclic amines) is 1. The molecule has 0 bridgehead atoms. The Bertz CT molecular complexity index is 1510. The van der Waals surface area contributed by atoms with E-state index in [4.69, 9.17) is 5.73 Å². The van der Waals surface area contributed by atoms with Gasteiger partial charge in [-0.3, -0.25) is 14.7 Å². The Morgan fingerprint density at radius 2 is 1.69 bits per heavy atom. The number of hydrogen-bond acceptors (Lipinski definition) is 6. The zero-order valence-corrected chi connectivity index (χ0v) is 27.9. The molecule has 2 fully saturated rings. The highest BCUT2D eigenvalue weighted by atomic mass is 79.9. The fourth-order valence-corrected chi connectivity index (χ4v) is 7.53. The average Bonchev–Trinajstić information content (AvgIpc) is 3.06. The number of anilines is 2. The van der Waals surface area contributed by atoms with Crippen LogP contribution in [0.15, 0.2) is 81.7 Å². The Morgan fingerprint density at radius 1 is 1.00 bits per heavy atom. The number of urea groups is 2. The number of amides is 5. The van der Waals surface area contributed by atoms with Crippen molar-refractivity contribution in [3.8, 4) is 0 Å². The molecule has 2 atom stereocenters. The standard InChI is InChI=1S/C32H36Br2N8O3/c33-25-17-21(18-26(34)29(25)35)19-28(30(43)40-15-13-39(14-16-40)23-5-9-36-10-6-23)38-31(44)41-11-7-24(8-12-41)42-20-22-3-1-2-4-27(22)37-32(42)45/h1-6,9-10,17-18,20,24,27-28H,7-8,11-16,19,35H2,(H,37,45)(H,38,44)/t27?,28-/m1/s1. The van der Waals surface area contributed by atoms with Crippen LogP contribution in [0.25, 0.3) is 0 Å². The molecule has 3 aliphatic heterocycles. The van der Waals surface area contributed by atoms with E-state index < -0.39 is 6.04 Å². The summed E-state index contributed by atoms with van der Waals surface area (Å²) in [6, 6.07) is 6.44. The third-order valence-electron chi connectivity index (χ3n) is 8.80. The van der Waals surface area contributed by atoms with Gasteiger partial charge in [0.25, 0.3) is 0 Å². The molecule has 0 radical (unpaired) electrons. The van der Waals surface area contributed by atoms with Crippen LogP contribution in [0.2, 0.25) is 0 Å². The number of benzene rings is 1. The second-order valence-electron chi connectivity index (χ2n) is 11.6. The molecule has 4 N–H and O–H groups in total. The van der Waals surface area contributed by atoms with Gasteiger partial charge in [-0.2, -0.15) is 0 Å². The first-order valence-corrected chi connectivity index (χ1v) is 16.7. The molecule has 4 heterocycles. The van der Waals surface area contributed by atoms with Gasteiger partial charge in [0.05, 0.1) is 11.7 Å². The Labute approximate surface area is 279 Å². The number of nitrogens with zero attached hydrogens (tertiary/aromatic N) is 5. The van der Waals surface area contributed by atoms with Crippen molar-refractivity contribution in [2.24, 2.45) is 0 Å². The summed E-state index contributed by atoms with van der Waals surface area (Å²) in [5.41, 5.74) is 9.67. The van der Waals surface area contributed by atoms with Crippen molar-refractivity contribution in [2.45, 2.75) is 37.4 Å². The highest BCUT2D eigenvalue weighted by Crippen LogP contribution is 2.30. The van der Waals surface area contributed by atoms with Crippen LogP contribution in [0, 0.1) is 0 Å². The van der Waals surface area contributed by atoms with Crippen LogP contribution < -0.4 is 21.3 Å². The third-order valence-corrected chi connectivity index (χ3v) is 10.1. The van der Waals surface area contributed by atoms with Gasteiger partial charge in [0.1, 0.15) is 6.04 Å². The lowest BCUT2D eigenvalue weighted by Gasteiger charge is -2.41. The second-order valence-corrected chi connectivity index (χ2v) is 13.3. The summed E-state index contributed by atoms with van der Waals surface area (Å²) in [7, 11) is 0. The number of fused-ring (bicyclic) bond motifs is 1. The molecular weight excluding hydrogens is 704 g/mol. The maximum atomic E-state index is 14.0. The van der Waals surface area contributed by atoms with Crippen LogP contribution in [-0.2, 0) is 11.2 Å². The third kappa shape index (κ3) is 7.04. The number of hydrogen-bond donors (Lipinski definition) is 3. The lowest BCUT2D eigenvalue weighted by Crippen LogP contribution is -2.58. The predicted molar refractivity (Wildman–Crippen MR) is 180 cm³/mol. The maximum Gasteiger partial charge on any atom is 0.322 e. The van der Waals surface area contributed by atoms with Gasteiger partial charge in [-0.15, -0.1) is 0 Å². The van der Waals surface area contributed by atoms with Gasteiger partial charge in [0.2, 0.25) is 5.91 Å². The number of pyridine rings is 1. The molecule has 1 aromatic carbocycles. The van der Waals surface area contributed by atoms with Gasteiger partial charge in [-0.05, 0) is 80.1 Å². The summed E-state index contributed by atoms with van der Waals surface area (Å²) in [5.74, 6) is -0.113. The fraction of sp³-hybridized carbons (Fsp3) is 0.375. The molecule has 1 unspecified atom stereocenters. The van der Waals surface area contributed by atoms with Crippen LogP contribution in [-0.4, -0.2) is 95.0 Å². The summed E-state index contributed by atoms with van der Waals surface area (Å²) in [4.78, 5) is 52.1. The van der Waals surface area contributed by atoms with Crippen LogP contribution in [0.1, 0.15) is 18.4 Å². The van der Waals surface area contributed by atoms with Crippen molar-refractivity contribution in [3.05, 3.63) is 87.2 Å². The number of rotatable bonds is 6. The molecule has 1 aromatic heterocycles. The topological polar surface area (TPSA) is 127 Å². The first kappa shape index (κ1) is 31.2. The number of piperazine rings is 1. The summed E-state index contributed by atoms with van der Waals surface area (Å²) in [5, 5.41) is 6.10. The number of nitrogens with two attached hydrogens (primary N) is 1. The van der Waals surface area contributed by atoms with Gasteiger partial charge >= 0.3 is 12.1 Å². The number of aromatic nitrogens is 1. The van der Waals surface area contributed by atoms with Gasteiger partial charge in [-0.25, -0.2) is 9.59 Å². The van der Waals surface area contributed by atoms with Gasteiger partial charge < -0.3 is 31.1 Å². The molecule has 11 nitrogen and oxygen atoms in total. The number of allylic oxidation sites excluding steroid dienone is 2. The zero-order chi connectivity index (χ0) is 31.5. The van der Waals surface area contributed by atoms with E-state index in [0.717, 1.165) is 25.8 Å². The number of piperidine rings is 1. The Hall–Kier alpha value is -3.84. The number of carbonyl (C=O) groups excluding carboxylic acids is 3. The lowest BCUT2D eigenvalue weighted by atomic mass is 9.98. The van der Waals surface area contributed by atoms with Crippen molar-refractivity contribution >= 4 is 61.2 Å². The van der Waals surface area contributed by atoms with Crippen LogP contribution >= 0.6 is 31.9 Å². The van der Waals surface area contributed by atoms with E-state index in [1.54, 1.807) is 22.2 Å². The molecule has 2 aromatic rings. The zero-order valence-electron chi connectivity index (χ0n) is 24.7. The van der Waals surface area contributed by atoms with Crippen molar-refractivity contribution in [3.63, 3.8) is 0 Å². The predicted octanol–water partition coefficient (Wildman–Crippen LogP) is 4.03. The molecule has 6 rings (SSSR count). The minimum absolute atomic E-state index is 0.0135. The van der Waals surface area contributed by atoms with E-state index in [0.29, 0.717) is 64.2 Å². The Morgan fingerprint density at radius 3 is 2.38 bits per heavy atom. The van der Waals surface area contributed by atoms with Gasteiger partial charge in [-0.1, -0.05) is 24.3 Å². The highest BCUT2D eigenvalue weighted by Gasteiger charge is 2.35. The second kappa shape index (κ2) is 13.7. The maximum absolute atomic E-state index is 14.0. The van der Waals surface area contributed by atoms with E-state index in [1.807, 2.05) is 59.7 Å².